The van der Waals surface area contributed by atoms with Gasteiger partial charge in [0.05, 0.1) is 13.2 Å². The van der Waals surface area contributed by atoms with Crippen LogP contribution in [0.2, 0.25) is 0 Å². The topological polar surface area (TPSA) is 30.5 Å². The van der Waals surface area contributed by atoms with E-state index in [4.69, 9.17) is 9.47 Å². The molecule has 1 saturated carbocycles. The maximum absolute atomic E-state index is 5.89. The number of hydrogen-bond donors (Lipinski definition) is 1. The lowest BCUT2D eigenvalue weighted by Gasteiger charge is -2.40. The molecule has 1 saturated heterocycles. The standard InChI is InChI=1S/C15H20BrNO2S/c1-17-13-6-7-15(18-8-9-19-15)10-14(13)20-12-4-2-11(16)3-5-12/h2-5,13-14,17H,6-10H2,1H3. The van der Waals surface area contributed by atoms with Crippen LogP contribution >= 0.6 is 27.7 Å². The highest BCUT2D eigenvalue weighted by Crippen LogP contribution is 2.42. The van der Waals surface area contributed by atoms with Gasteiger partial charge in [-0.3, -0.25) is 0 Å². The first-order valence-corrected chi connectivity index (χ1v) is 8.75. The first-order valence-electron chi connectivity index (χ1n) is 7.08. The Morgan fingerprint density at radius 2 is 1.95 bits per heavy atom. The number of benzene rings is 1. The van der Waals surface area contributed by atoms with Crippen molar-refractivity contribution in [2.24, 2.45) is 0 Å². The number of thioether (sulfide) groups is 1. The maximum Gasteiger partial charge on any atom is 0.169 e. The molecule has 1 aromatic carbocycles. The van der Waals surface area contributed by atoms with Crippen LogP contribution in [0, 0.1) is 0 Å². The molecular weight excluding hydrogens is 338 g/mol. The zero-order valence-electron chi connectivity index (χ0n) is 11.6. The Bertz CT molecular complexity index is 448. The van der Waals surface area contributed by atoms with E-state index in [1.165, 1.54) is 4.90 Å². The van der Waals surface area contributed by atoms with E-state index in [1.807, 2.05) is 18.8 Å². The summed E-state index contributed by atoms with van der Waals surface area (Å²) in [7, 11) is 2.05. The van der Waals surface area contributed by atoms with Crippen molar-refractivity contribution >= 4 is 27.7 Å². The van der Waals surface area contributed by atoms with Gasteiger partial charge in [0.1, 0.15) is 0 Å². The van der Waals surface area contributed by atoms with E-state index in [0.717, 1.165) is 36.9 Å². The summed E-state index contributed by atoms with van der Waals surface area (Å²) < 4.78 is 12.9. The SMILES string of the molecule is CNC1CCC2(CC1Sc1ccc(Br)cc1)OCCO2. The molecule has 1 aromatic rings. The summed E-state index contributed by atoms with van der Waals surface area (Å²) in [4.78, 5) is 1.30. The highest BCUT2D eigenvalue weighted by Gasteiger charge is 2.45. The molecule has 1 heterocycles. The zero-order valence-corrected chi connectivity index (χ0v) is 14.0. The molecule has 1 N–H and O–H groups in total. The number of ether oxygens (including phenoxy) is 2. The molecule has 1 spiro atoms. The van der Waals surface area contributed by atoms with Crippen LogP contribution in [0.3, 0.4) is 0 Å². The Balaban J connectivity index is 1.72. The molecule has 2 unspecified atom stereocenters. The molecular formula is C15H20BrNO2S. The van der Waals surface area contributed by atoms with Gasteiger partial charge >= 0.3 is 0 Å². The monoisotopic (exact) mass is 357 g/mol. The van der Waals surface area contributed by atoms with Crippen LogP contribution in [0.4, 0.5) is 0 Å². The van der Waals surface area contributed by atoms with E-state index in [9.17, 15) is 0 Å². The lowest BCUT2D eigenvalue weighted by atomic mass is 9.89. The van der Waals surface area contributed by atoms with Crippen molar-refractivity contribution in [1.82, 2.24) is 5.32 Å². The molecule has 1 aliphatic carbocycles. The molecule has 5 heteroatoms. The average molecular weight is 358 g/mol. The maximum atomic E-state index is 5.89. The Hall–Kier alpha value is -0.0700. The van der Waals surface area contributed by atoms with Gasteiger partial charge in [-0.15, -0.1) is 11.8 Å². The summed E-state index contributed by atoms with van der Waals surface area (Å²) in [6, 6.07) is 9.04. The van der Waals surface area contributed by atoms with Crippen molar-refractivity contribution in [3.8, 4) is 0 Å². The van der Waals surface area contributed by atoms with Crippen LogP contribution < -0.4 is 5.32 Å². The van der Waals surface area contributed by atoms with Crippen molar-refractivity contribution in [3.63, 3.8) is 0 Å². The molecule has 0 radical (unpaired) electrons. The smallest absolute Gasteiger partial charge is 0.169 e. The molecule has 0 bridgehead atoms. The summed E-state index contributed by atoms with van der Waals surface area (Å²) >= 11 is 5.41. The van der Waals surface area contributed by atoms with E-state index in [2.05, 4.69) is 45.5 Å². The summed E-state index contributed by atoms with van der Waals surface area (Å²) in [6.45, 7) is 1.47. The molecule has 3 rings (SSSR count). The zero-order chi connectivity index (χ0) is 14.0. The van der Waals surface area contributed by atoms with Gasteiger partial charge in [-0.05, 0) is 37.7 Å². The largest absolute Gasteiger partial charge is 0.347 e. The van der Waals surface area contributed by atoms with E-state index in [0.29, 0.717) is 11.3 Å². The minimum absolute atomic E-state index is 0.319. The molecule has 1 aliphatic heterocycles. The Labute approximate surface area is 132 Å². The normalized spacial score (nSPS) is 28.9. The van der Waals surface area contributed by atoms with Gasteiger partial charge in [-0.25, -0.2) is 0 Å². The first kappa shape index (κ1) is 14.9. The second-order valence-electron chi connectivity index (χ2n) is 5.36. The van der Waals surface area contributed by atoms with E-state index in [-0.39, 0.29) is 5.79 Å². The van der Waals surface area contributed by atoms with Gasteiger partial charge < -0.3 is 14.8 Å². The molecule has 2 fully saturated rings. The van der Waals surface area contributed by atoms with Crippen molar-refractivity contribution in [2.45, 2.75) is 41.2 Å². The number of hydrogen-bond acceptors (Lipinski definition) is 4. The third-order valence-electron chi connectivity index (χ3n) is 4.08. The van der Waals surface area contributed by atoms with Crippen LogP contribution in [0.25, 0.3) is 0 Å². The first-order chi connectivity index (χ1) is 9.71. The van der Waals surface area contributed by atoms with Crippen molar-refractivity contribution in [2.75, 3.05) is 20.3 Å². The highest BCUT2D eigenvalue weighted by molar-refractivity contribution is 9.10. The lowest BCUT2D eigenvalue weighted by molar-refractivity contribution is -0.177. The number of rotatable bonds is 3. The van der Waals surface area contributed by atoms with Crippen molar-refractivity contribution < 1.29 is 9.47 Å². The molecule has 20 heavy (non-hydrogen) atoms. The summed E-state index contributed by atoms with van der Waals surface area (Å²) in [5, 5.41) is 3.93. The summed E-state index contributed by atoms with van der Waals surface area (Å²) in [5.74, 6) is -0.319. The van der Waals surface area contributed by atoms with Crippen LogP contribution in [0.5, 0.6) is 0 Å². The van der Waals surface area contributed by atoms with E-state index < -0.39 is 0 Å². The van der Waals surface area contributed by atoms with Gasteiger partial charge in [-0.1, -0.05) is 15.9 Å². The molecule has 0 aromatic heterocycles. The fourth-order valence-corrected chi connectivity index (χ4v) is 4.69. The molecule has 110 valence electrons. The van der Waals surface area contributed by atoms with E-state index in [1.54, 1.807) is 0 Å². The Kier molecular flexibility index (Phi) is 4.72. The molecule has 3 nitrogen and oxygen atoms in total. The van der Waals surface area contributed by atoms with Gasteiger partial charge in [0.2, 0.25) is 0 Å². The number of nitrogens with one attached hydrogen (secondary N) is 1. The van der Waals surface area contributed by atoms with Gasteiger partial charge in [0, 0.05) is 33.5 Å². The number of halogens is 1. The van der Waals surface area contributed by atoms with Crippen LogP contribution in [-0.4, -0.2) is 37.3 Å². The third kappa shape index (κ3) is 3.22. The fourth-order valence-electron chi connectivity index (χ4n) is 3.01. The predicted molar refractivity (Wildman–Crippen MR) is 85.1 cm³/mol. The van der Waals surface area contributed by atoms with Gasteiger partial charge in [-0.2, -0.15) is 0 Å². The predicted octanol–water partition coefficient (Wildman–Crippen LogP) is 3.42. The van der Waals surface area contributed by atoms with Gasteiger partial charge in [0.15, 0.2) is 5.79 Å². The minimum atomic E-state index is -0.319. The quantitative estimate of drug-likeness (QED) is 0.897. The molecule has 0 amide bonds. The minimum Gasteiger partial charge on any atom is -0.347 e. The van der Waals surface area contributed by atoms with Crippen molar-refractivity contribution in [1.29, 1.82) is 0 Å². The fraction of sp³-hybridized carbons (Fsp3) is 0.600. The second-order valence-corrected chi connectivity index (χ2v) is 7.58. The third-order valence-corrected chi connectivity index (χ3v) is 5.95. The van der Waals surface area contributed by atoms with Gasteiger partial charge in [0.25, 0.3) is 0 Å². The molecule has 2 atom stereocenters. The van der Waals surface area contributed by atoms with E-state index >= 15 is 0 Å². The average Bonchev–Trinajstić information content (AvgIpc) is 2.90. The van der Waals surface area contributed by atoms with Crippen LogP contribution in [-0.2, 0) is 9.47 Å². The lowest BCUT2D eigenvalue weighted by Crippen LogP contribution is -2.48. The Morgan fingerprint density at radius 1 is 1.25 bits per heavy atom. The summed E-state index contributed by atoms with van der Waals surface area (Å²) in [6.07, 6.45) is 3.06. The molecule has 2 aliphatic rings. The summed E-state index contributed by atoms with van der Waals surface area (Å²) in [5.41, 5.74) is 0. The second kappa shape index (κ2) is 6.36. The van der Waals surface area contributed by atoms with Crippen molar-refractivity contribution in [3.05, 3.63) is 28.7 Å². The highest BCUT2D eigenvalue weighted by atomic mass is 79.9. The Morgan fingerprint density at radius 3 is 2.60 bits per heavy atom. The van der Waals surface area contributed by atoms with Crippen LogP contribution in [0.15, 0.2) is 33.6 Å². The van der Waals surface area contributed by atoms with Crippen LogP contribution in [0.1, 0.15) is 19.3 Å².